The highest BCUT2D eigenvalue weighted by atomic mass is 16.5. The smallest absolute Gasteiger partial charge is 0.336 e. The molecule has 0 radical (unpaired) electrons. The molecule has 1 saturated heterocycles. The highest BCUT2D eigenvalue weighted by Crippen LogP contribution is 2.25. The molecule has 1 aliphatic rings. The molecule has 1 aromatic carbocycles. The third-order valence-corrected chi connectivity index (χ3v) is 6.21. The van der Waals surface area contributed by atoms with Crippen molar-refractivity contribution in [2.24, 2.45) is 0 Å². The largest absolute Gasteiger partial charge is 0.493 e. The number of aryl methyl sites for hydroxylation is 2. The highest BCUT2D eigenvalue weighted by Gasteiger charge is 2.17. The fourth-order valence-corrected chi connectivity index (χ4v) is 4.45. The van der Waals surface area contributed by atoms with Gasteiger partial charge in [0.25, 0.3) is 0 Å². The highest BCUT2D eigenvalue weighted by molar-refractivity contribution is 5.83. The minimum Gasteiger partial charge on any atom is -0.493 e. The van der Waals surface area contributed by atoms with Crippen LogP contribution in [0.25, 0.3) is 22.1 Å². The van der Waals surface area contributed by atoms with Crippen LogP contribution in [0.5, 0.6) is 5.75 Å². The summed E-state index contributed by atoms with van der Waals surface area (Å²) in [6, 6.07) is 7.03. The summed E-state index contributed by atoms with van der Waals surface area (Å²) in [6.07, 6.45) is 13.2. The van der Waals surface area contributed by atoms with E-state index in [4.69, 9.17) is 9.15 Å². The SMILES string of the molecule is Cc1cc(=O)oc2ccc(OCC/C=C/CCn3cnc4c(N5CCCCC5)ncnc43)cc12. The fraction of sp³-hybridized carbons (Fsp3) is 0.385. The molecule has 0 aliphatic carbocycles. The van der Waals surface area contributed by atoms with E-state index < -0.39 is 0 Å². The van der Waals surface area contributed by atoms with Gasteiger partial charge >= 0.3 is 5.63 Å². The van der Waals surface area contributed by atoms with Crippen LogP contribution >= 0.6 is 0 Å². The van der Waals surface area contributed by atoms with E-state index in [1.165, 1.54) is 25.3 Å². The molecule has 1 aliphatic heterocycles. The molecule has 8 heteroatoms. The van der Waals surface area contributed by atoms with Gasteiger partial charge in [-0.3, -0.25) is 0 Å². The van der Waals surface area contributed by atoms with Gasteiger partial charge in [0, 0.05) is 31.1 Å². The molecule has 4 aromatic rings. The molecule has 34 heavy (non-hydrogen) atoms. The van der Waals surface area contributed by atoms with Gasteiger partial charge in [0.2, 0.25) is 0 Å². The van der Waals surface area contributed by atoms with E-state index in [1.54, 1.807) is 12.4 Å². The lowest BCUT2D eigenvalue weighted by atomic mass is 10.1. The average Bonchev–Trinajstić information content (AvgIpc) is 3.27. The topological polar surface area (TPSA) is 86.3 Å². The summed E-state index contributed by atoms with van der Waals surface area (Å²) in [6.45, 7) is 5.38. The Kier molecular flexibility index (Phi) is 6.56. The molecule has 4 heterocycles. The molecule has 3 aromatic heterocycles. The second-order valence-electron chi connectivity index (χ2n) is 8.66. The lowest BCUT2D eigenvalue weighted by molar-refractivity contribution is 0.325. The Morgan fingerprint density at radius 2 is 1.91 bits per heavy atom. The predicted octanol–water partition coefficient (Wildman–Crippen LogP) is 4.65. The zero-order valence-corrected chi connectivity index (χ0v) is 19.4. The van der Waals surface area contributed by atoms with Crippen molar-refractivity contribution >= 4 is 28.0 Å². The van der Waals surface area contributed by atoms with Crippen molar-refractivity contribution in [3.63, 3.8) is 0 Å². The molecule has 0 spiro atoms. The summed E-state index contributed by atoms with van der Waals surface area (Å²) in [5.41, 5.74) is 2.93. The number of rotatable bonds is 8. The van der Waals surface area contributed by atoms with Gasteiger partial charge in [0.15, 0.2) is 17.0 Å². The zero-order chi connectivity index (χ0) is 23.3. The number of ether oxygens (including phenoxy) is 1. The number of hydrogen-bond acceptors (Lipinski definition) is 7. The van der Waals surface area contributed by atoms with Gasteiger partial charge in [0.1, 0.15) is 17.7 Å². The van der Waals surface area contributed by atoms with Crippen LogP contribution in [0, 0.1) is 6.92 Å². The van der Waals surface area contributed by atoms with Crippen LogP contribution in [-0.4, -0.2) is 39.2 Å². The number of benzene rings is 1. The lowest BCUT2D eigenvalue weighted by Crippen LogP contribution is -2.30. The number of hydrogen-bond donors (Lipinski definition) is 0. The number of nitrogens with zero attached hydrogens (tertiary/aromatic N) is 5. The molecule has 0 bridgehead atoms. The summed E-state index contributed by atoms with van der Waals surface area (Å²) in [7, 11) is 0. The number of aromatic nitrogens is 4. The van der Waals surface area contributed by atoms with Crippen molar-refractivity contribution in [3.05, 3.63) is 65.1 Å². The van der Waals surface area contributed by atoms with Gasteiger partial charge in [0.05, 0.1) is 12.9 Å². The number of imidazole rings is 1. The van der Waals surface area contributed by atoms with E-state index in [2.05, 4.69) is 36.6 Å². The van der Waals surface area contributed by atoms with Crippen LogP contribution in [0.3, 0.4) is 0 Å². The monoisotopic (exact) mass is 459 g/mol. The van der Waals surface area contributed by atoms with Crippen molar-refractivity contribution in [2.45, 2.75) is 45.6 Å². The number of fused-ring (bicyclic) bond motifs is 2. The van der Waals surface area contributed by atoms with Gasteiger partial charge in [-0.05, 0) is 62.8 Å². The quantitative estimate of drug-likeness (QED) is 0.215. The van der Waals surface area contributed by atoms with Crippen molar-refractivity contribution in [1.82, 2.24) is 19.5 Å². The third kappa shape index (κ3) is 4.81. The summed E-state index contributed by atoms with van der Waals surface area (Å²) in [4.78, 5) is 27.4. The maximum Gasteiger partial charge on any atom is 0.336 e. The first kappa shape index (κ1) is 22.1. The summed E-state index contributed by atoms with van der Waals surface area (Å²) >= 11 is 0. The second-order valence-corrected chi connectivity index (χ2v) is 8.66. The van der Waals surface area contributed by atoms with Crippen molar-refractivity contribution < 1.29 is 9.15 Å². The van der Waals surface area contributed by atoms with E-state index >= 15 is 0 Å². The van der Waals surface area contributed by atoms with Crippen LogP contribution in [0.1, 0.15) is 37.7 Å². The van der Waals surface area contributed by atoms with Crippen molar-refractivity contribution in [2.75, 3.05) is 24.6 Å². The maximum atomic E-state index is 11.5. The van der Waals surface area contributed by atoms with Crippen molar-refractivity contribution in [1.29, 1.82) is 0 Å². The van der Waals surface area contributed by atoms with Gasteiger partial charge in [-0.2, -0.15) is 0 Å². The van der Waals surface area contributed by atoms with Crippen LogP contribution in [-0.2, 0) is 6.54 Å². The molecule has 8 nitrogen and oxygen atoms in total. The van der Waals surface area contributed by atoms with E-state index in [-0.39, 0.29) is 5.63 Å². The molecule has 0 unspecified atom stereocenters. The zero-order valence-electron chi connectivity index (χ0n) is 19.4. The molecular formula is C26H29N5O3. The van der Waals surface area contributed by atoms with Crippen LogP contribution < -0.4 is 15.3 Å². The normalized spacial score (nSPS) is 14.4. The number of allylic oxidation sites excluding steroid dienone is 1. The molecule has 0 amide bonds. The van der Waals surface area contributed by atoms with E-state index in [0.717, 1.165) is 66.2 Å². The van der Waals surface area contributed by atoms with Gasteiger partial charge in [-0.1, -0.05) is 12.2 Å². The summed E-state index contributed by atoms with van der Waals surface area (Å²) in [5, 5.41) is 0.896. The van der Waals surface area contributed by atoms with Gasteiger partial charge < -0.3 is 18.6 Å². The lowest BCUT2D eigenvalue weighted by Gasteiger charge is -2.27. The van der Waals surface area contributed by atoms with Gasteiger partial charge in [-0.25, -0.2) is 19.7 Å². The molecule has 0 N–H and O–H groups in total. The Morgan fingerprint density at radius 1 is 1.06 bits per heavy atom. The second kappa shape index (κ2) is 10.1. The number of piperidine rings is 1. The Hall–Kier alpha value is -3.68. The Bertz CT molecular complexity index is 1370. The molecule has 5 rings (SSSR count). The summed E-state index contributed by atoms with van der Waals surface area (Å²) < 4.78 is 13.2. The van der Waals surface area contributed by atoms with Gasteiger partial charge in [-0.15, -0.1) is 0 Å². The molecule has 176 valence electrons. The maximum absolute atomic E-state index is 11.5. The molecular weight excluding hydrogens is 430 g/mol. The average molecular weight is 460 g/mol. The van der Waals surface area contributed by atoms with E-state index in [1.807, 2.05) is 25.4 Å². The first-order valence-corrected chi connectivity index (χ1v) is 11.9. The van der Waals surface area contributed by atoms with Crippen LogP contribution in [0.15, 0.2) is 58.3 Å². The third-order valence-electron chi connectivity index (χ3n) is 6.21. The first-order valence-electron chi connectivity index (χ1n) is 11.9. The Morgan fingerprint density at radius 3 is 2.79 bits per heavy atom. The fourth-order valence-electron chi connectivity index (χ4n) is 4.45. The Balaban J connectivity index is 1.12. The molecule has 1 fully saturated rings. The Labute approximate surface area is 197 Å². The number of anilines is 1. The standard InChI is InChI=1S/C26H29N5O3/c1-19-15-23(32)34-22-10-9-20(16-21(19)22)33-14-8-3-2-5-13-31-18-29-24-25(27-17-28-26(24)31)30-11-6-4-7-12-30/h2-3,9-10,15-18H,4-8,11-14H2,1H3/b3-2+. The van der Waals surface area contributed by atoms with Crippen LogP contribution in [0.4, 0.5) is 5.82 Å². The molecule has 0 saturated carbocycles. The summed E-state index contributed by atoms with van der Waals surface area (Å²) in [5.74, 6) is 1.73. The minimum absolute atomic E-state index is 0.331. The van der Waals surface area contributed by atoms with Crippen LogP contribution in [0.2, 0.25) is 0 Å². The first-order chi connectivity index (χ1) is 16.7. The van der Waals surface area contributed by atoms with E-state index in [0.29, 0.717) is 12.2 Å². The predicted molar refractivity (Wildman–Crippen MR) is 132 cm³/mol. The van der Waals surface area contributed by atoms with Crippen molar-refractivity contribution in [3.8, 4) is 5.75 Å². The van der Waals surface area contributed by atoms with E-state index in [9.17, 15) is 4.79 Å². The molecule has 0 atom stereocenters. The minimum atomic E-state index is -0.331.